The molecular weight excluding hydrogens is 236 g/mol. The molecule has 0 aliphatic heterocycles. The molecule has 2 heteroatoms. The lowest BCUT2D eigenvalue weighted by atomic mass is 10.0. The fourth-order valence-electron chi connectivity index (χ4n) is 2.07. The molecule has 0 spiro atoms. The second-order valence-electron chi connectivity index (χ2n) is 4.80. The van der Waals surface area contributed by atoms with Crippen LogP contribution >= 0.6 is 0 Å². The molecule has 0 aliphatic carbocycles. The van der Waals surface area contributed by atoms with Crippen LogP contribution in [-0.2, 0) is 11.3 Å². The number of unbranched alkanes of at least 4 members (excludes halogenated alkanes) is 6. The second-order valence-corrected chi connectivity index (χ2v) is 4.80. The number of rotatable bonds is 10. The van der Waals surface area contributed by atoms with Crippen molar-refractivity contribution in [1.29, 1.82) is 0 Å². The molecule has 0 atom stereocenters. The summed E-state index contributed by atoms with van der Waals surface area (Å²) in [5, 5.41) is 0. The molecule has 0 heterocycles. The van der Waals surface area contributed by atoms with Crippen LogP contribution in [0.2, 0.25) is 0 Å². The van der Waals surface area contributed by atoms with Crippen molar-refractivity contribution in [2.75, 3.05) is 0 Å². The topological polar surface area (TPSA) is 18.5 Å². The van der Waals surface area contributed by atoms with Crippen LogP contribution in [-0.4, -0.2) is 0 Å². The van der Waals surface area contributed by atoms with Gasteiger partial charge in [0.2, 0.25) is 0 Å². The van der Waals surface area contributed by atoms with Crippen LogP contribution in [0.15, 0.2) is 24.3 Å². The van der Waals surface area contributed by atoms with Gasteiger partial charge in [-0.1, -0.05) is 64.0 Å². The van der Waals surface area contributed by atoms with Crippen molar-refractivity contribution in [3.05, 3.63) is 29.8 Å². The third-order valence-corrected chi connectivity index (χ3v) is 3.18. The summed E-state index contributed by atoms with van der Waals surface area (Å²) in [4.78, 5) is 9.29. The Hall–Kier alpha value is -1.62. The maximum absolute atomic E-state index is 4.93. The quantitative estimate of drug-likeness (QED) is 0.258. The standard InChI is InChI=1S/C17H24O2/c1-3-5-6-7-8-9-10-11-16-12-14-17(15-13-16)19-18-4-2/h2,12-15H,3,5-11H2,1H3. The normalized spacial score (nSPS) is 9.89. The summed E-state index contributed by atoms with van der Waals surface area (Å²) in [7, 11) is 0. The van der Waals surface area contributed by atoms with Gasteiger partial charge in [-0.15, -0.1) is 0 Å². The summed E-state index contributed by atoms with van der Waals surface area (Å²) in [6.45, 7) is 2.25. The molecule has 0 amide bonds. The molecule has 0 bridgehead atoms. The van der Waals surface area contributed by atoms with Crippen LogP contribution in [0.5, 0.6) is 5.75 Å². The van der Waals surface area contributed by atoms with Gasteiger partial charge < -0.3 is 0 Å². The van der Waals surface area contributed by atoms with E-state index in [0.29, 0.717) is 5.75 Å². The zero-order valence-electron chi connectivity index (χ0n) is 11.9. The zero-order chi connectivity index (χ0) is 13.8. The van der Waals surface area contributed by atoms with E-state index in [9.17, 15) is 0 Å². The number of benzene rings is 1. The molecule has 0 unspecified atom stereocenters. The van der Waals surface area contributed by atoms with Crippen LogP contribution < -0.4 is 4.89 Å². The summed E-state index contributed by atoms with van der Waals surface area (Å²) in [6.07, 6.45) is 17.4. The van der Waals surface area contributed by atoms with Crippen LogP contribution in [0.3, 0.4) is 0 Å². The number of aryl methyl sites for hydroxylation is 1. The predicted molar refractivity (Wildman–Crippen MR) is 78.7 cm³/mol. The summed E-state index contributed by atoms with van der Waals surface area (Å²) >= 11 is 0. The Labute approximate surface area is 117 Å². The lowest BCUT2D eigenvalue weighted by Gasteiger charge is -2.04. The van der Waals surface area contributed by atoms with E-state index in [1.165, 1.54) is 50.5 Å². The highest BCUT2D eigenvalue weighted by molar-refractivity contribution is 5.26. The first-order valence-corrected chi connectivity index (χ1v) is 7.25. The van der Waals surface area contributed by atoms with Crippen LogP contribution in [0.25, 0.3) is 0 Å². The van der Waals surface area contributed by atoms with E-state index >= 15 is 0 Å². The van der Waals surface area contributed by atoms with Crippen molar-refractivity contribution in [3.63, 3.8) is 0 Å². The minimum atomic E-state index is 0.640. The molecule has 1 aromatic rings. The van der Waals surface area contributed by atoms with Gasteiger partial charge in [0.25, 0.3) is 0 Å². The highest BCUT2D eigenvalue weighted by Gasteiger charge is 1.97. The lowest BCUT2D eigenvalue weighted by Crippen LogP contribution is -1.91. The summed E-state index contributed by atoms with van der Waals surface area (Å²) < 4.78 is 0. The number of hydrogen-bond acceptors (Lipinski definition) is 2. The van der Waals surface area contributed by atoms with E-state index in [-0.39, 0.29) is 0 Å². The average molecular weight is 260 g/mol. The Morgan fingerprint density at radius 1 is 0.947 bits per heavy atom. The molecule has 0 saturated carbocycles. The molecule has 0 N–H and O–H groups in total. The molecule has 1 rings (SSSR count). The van der Waals surface area contributed by atoms with Gasteiger partial charge in [0.05, 0.1) is 0 Å². The minimum absolute atomic E-state index is 0.640. The molecule has 1 aromatic carbocycles. The molecule has 104 valence electrons. The molecule has 0 radical (unpaired) electrons. The van der Waals surface area contributed by atoms with E-state index in [1.54, 1.807) is 0 Å². The molecule has 0 saturated heterocycles. The van der Waals surface area contributed by atoms with Crippen molar-refractivity contribution in [3.8, 4) is 18.3 Å². The molecule has 0 fully saturated rings. The summed E-state index contributed by atoms with van der Waals surface area (Å²) in [5.74, 6) is 0.640. The maximum atomic E-state index is 4.93. The summed E-state index contributed by atoms with van der Waals surface area (Å²) in [5.41, 5.74) is 1.33. The third-order valence-electron chi connectivity index (χ3n) is 3.18. The Morgan fingerprint density at radius 2 is 1.58 bits per heavy atom. The van der Waals surface area contributed by atoms with E-state index in [1.807, 2.05) is 18.2 Å². The smallest absolute Gasteiger partial charge is 0.179 e. The lowest BCUT2D eigenvalue weighted by molar-refractivity contribution is -0.133. The first-order chi connectivity index (χ1) is 9.36. The highest BCUT2D eigenvalue weighted by atomic mass is 17.2. The van der Waals surface area contributed by atoms with Crippen molar-refractivity contribution in [2.24, 2.45) is 0 Å². The largest absolute Gasteiger partial charge is 0.281 e. The van der Waals surface area contributed by atoms with E-state index in [0.717, 1.165) is 6.42 Å². The highest BCUT2D eigenvalue weighted by Crippen LogP contribution is 2.15. The molecular formula is C17H24O2. The zero-order valence-corrected chi connectivity index (χ0v) is 11.9. The predicted octanol–water partition coefficient (Wildman–Crippen LogP) is 4.88. The van der Waals surface area contributed by atoms with Gasteiger partial charge in [0.15, 0.2) is 11.9 Å². The van der Waals surface area contributed by atoms with Gasteiger partial charge in [0.1, 0.15) is 0 Å². The van der Waals surface area contributed by atoms with Gasteiger partial charge in [0, 0.05) is 0 Å². The van der Waals surface area contributed by atoms with Gasteiger partial charge >= 0.3 is 0 Å². The van der Waals surface area contributed by atoms with E-state index in [4.69, 9.17) is 11.3 Å². The van der Waals surface area contributed by atoms with Gasteiger partial charge in [-0.05, 0) is 30.5 Å². The SMILES string of the molecule is C#COOc1ccc(CCCCCCCCC)cc1. The Morgan fingerprint density at radius 3 is 2.21 bits per heavy atom. The Balaban J connectivity index is 2.11. The van der Waals surface area contributed by atoms with Gasteiger partial charge in [-0.25, -0.2) is 4.89 Å². The van der Waals surface area contributed by atoms with Crippen molar-refractivity contribution in [2.45, 2.75) is 58.3 Å². The van der Waals surface area contributed by atoms with Crippen molar-refractivity contribution >= 4 is 0 Å². The maximum Gasteiger partial charge on any atom is 0.179 e. The molecule has 2 nitrogen and oxygen atoms in total. The first kappa shape index (κ1) is 15.4. The van der Waals surface area contributed by atoms with Gasteiger partial charge in [-0.2, -0.15) is 0 Å². The summed E-state index contributed by atoms with van der Waals surface area (Å²) in [6, 6.07) is 7.89. The van der Waals surface area contributed by atoms with E-state index < -0.39 is 0 Å². The fourth-order valence-corrected chi connectivity index (χ4v) is 2.07. The molecule has 0 aromatic heterocycles. The first-order valence-electron chi connectivity index (χ1n) is 7.25. The monoisotopic (exact) mass is 260 g/mol. The van der Waals surface area contributed by atoms with Gasteiger partial charge in [-0.3, -0.25) is 4.89 Å². The second kappa shape index (κ2) is 10.3. The van der Waals surface area contributed by atoms with Crippen molar-refractivity contribution in [1.82, 2.24) is 0 Å². The number of terminal acetylenes is 1. The average Bonchev–Trinajstić information content (AvgIpc) is 2.45. The van der Waals surface area contributed by atoms with Crippen LogP contribution in [0, 0.1) is 12.5 Å². The molecule has 19 heavy (non-hydrogen) atoms. The van der Waals surface area contributed by atoms with Crippen molar-refractivity contribution < 1.29 is 9.78 Å². The number of hydrogen-bond donors (Lipinski definition) is 0. The fraction of sp³-hybridized carbons (Fsp3) is 0.529. The van der Waals surface area contributed by atoms with E-state index in [2.05, 4.69) is 23.9 Å². The minimum Gasteiger partial charge on any atom is -0.281 e. The Bertz CT molecular complexity index is 362. The van der Waals surface area contributed by atoms with Crippen LogP contribution in [0.4, 0.5) is 0 Å². The third kappa shape index (κ3) is 7.41. The molecule has 0 aliphatic rings. The van der Waals surface area contributed by atoms with Crippen LogP contribution in [0.1, 0.15) is 57.4 Å². The Kier molecular flexibility index (Phi) is 8.38.